The summed E-state index contributed by atoms with van der Waals surface area (Å²) in [6.07, 6.45) is 2.59. The van der Waals surface area contributed by atoms with E-state index in [4.69, 9.17) is 9.47 Å². The van der Waals surface area contributed by atoms with Crippen molar-refractivity contribution >= 4 is 12.1 Å². The van der Waals surface area contributed by atoms with E-state index in [1.165, 1.54) is 0 Å². The van der Waals surface area contributed by atoms with Gasteiger partial charge in [-0.05, 0) is 65.5 Å². The van der Waals surface area contributed by atoms with Crippen LogP contribution in [0.3, 0.4) is 0 Å². The van der Waals surface area contributed by atoms with Crippen molar-refractivity contribution in [1.82, 2.24) is 5.32 Å². The first-order valence-electron chi connectivity index (χ1n) is 8.50. The SMILES string of the molecule is Cc1ccc(C(=O)OC2CCC(NC(=O)OC(C)(C)C)CC2)cc1. The zero-order valence-electron chi connectivity index (χ0n) is 14.9. The number of ether oxygens (including phenoxy) is 2. The maximum atomic E-state index is 12.1. The average molecular weight is 333 g/mol. The van der Waals surface area contributed by atoms with Crippen LogP contribution < -0.4 is 5.32 Å². The molecule has 0 aliphatic heterocycles. The molecule has 1 aromatic rings. The quantitative estimate of drug-likeness (QED) is 0.850. The second kappa shape index (κ2) is 7.69. The molecule has 0 heterocycles. The summed E-state index contributed by atoms with van der Waals surface area (Å²) in [6, 6.07) is 7.45. The van der Waals surface area contributed by atoms with Crippen molar-refractivity contribution in [3.63, 3.8) is 0 Å². The Balaban J connectivity index is 1.75. The van der Waals surface area contributed by atoms with Gasteiger partial charge < -0.3 is 14.8 Å². The van der Waals surface area contributed by atoms with Crippen molar-refractivity contribution in [3.8, 4) is 0 Å². The van der Waals surface area contributed by atoms with Gasteiger partial charge in [0.25, 0.3) is 0 Å². The molecule has 0 radical (unpaired) electrons. The topological polar surface area (TPSA) is 64.6 Å². The van der Waals surface area contributed by atoms with Crippen molar-refractivity contribution in [1.29, 1.82) is 0 Å². The zero-order valence-corrected chi connectivity index (χ0v) is 14.9. The fourth-order valence-electron chi connectivity index (χ4n) is 2.71. The first-order chi connectivity index (χ1) is 11.2. The molecule has 1 fully saturated rings. The summed E-state index contributed by atoms with van der Waals surface area (Å²) in [5.74, 6) is -0.279. The van der Waals surface area contributed by atoms with Crippen LogP contribution in [0.1, 0.15) is 62.4 Å². The number of alkyl carbamates (subject to hydrolysis) is 1. The Morgan fingerprint density at radius 2 is 1.62 bits per heavy atom. The summed E-state index contributed by atoms with van der Waals surface area (Å²) in [5, 5.41) is 2.89. The van der Waals surface area contributed by atoms with Crippen LogP contribution >= 0.6 is 0 Å². The Kier molecular flexibility index (Phi) is 5.86. The molecule has 0 spiro atoms. The van der Waals surface area contributed by atoms with Gasteiger partial charge in [-0.25, -0.2) is 9.59 Å². The van der Waals surface area contributed by atoms with Crippen molar-refractivity contribution in [3.05, 3.63) is 35.4 Å². The summed E-state index contributed by atoms with van der Waals surface area (Å²) in [5.41, 5.74) is 1.19. The molecule has 0 bridgehead atoms. The summed E-state index contributed by atoms with van der Waals surface area (Å²) in [4.78, 5) is 23.9. The predicted octanol–water partition coefficient (Wildman–Crippen LogP) is 3.99. The molecule has 1 aliphatic carbocycles. The molecule has 1 amide bonds. The second-order valence-electron chi connectivity index (χ2n) is 7.39. The van der Waals surface area contributed by atoms with Gasteiger partial charge in [0.2, 0.25) is 0 Å². The average Bonchev–Trinajstić information content (AvgIpc) is 2.48. The van der Waals surface area contributed by atoms with Gasteiger partial charge in [0.15, 0.2) is 0 Å². The molecule has 1 aliphatic rings. The van der Waals surface area contributed by atoms with Crippen molar-refractivity contribution < 1.29 is 19.1 Å². The van der Waals surface area contributed by atoms with Gasteiger partial charge in [-0.3, -0.25) is 0 Å². The third-order valence-electron chi connectivity index (χ3n) is 3.96. The van der Waals surface area contributed by atoms with E-state index in [-0.39, 0.29) is 24.2 Å². The molecule has 0 atom stereocenters. The fraction of sp³-hybridized carbons (Fsp3) is 0.579. The smallest absolute Gasteiger partial charge is 0.407 e. The number of carbonyl (C=O) groups is 2. The van der Waals surface area contributed by atoms with Crippen LogP contribution in [-0.4, -0.2) is 29.8 Å². The van der Waals surface area contributed by atoms with Crippen molar-refractivity contribution in [2.45, 2.75) is 71.1 Å². The Labute approximate surface area is 143 Å². The monoisotopic (exact) mass is 333 g/mol. The van der Waals surface area contributed by atoms with E-state index >= 15 is 0 Å². The molecular weight excluding hydrogens is 306 g/mol. The number of rotatable bonds is 3. The Morgan fingerprint density at radius 1 is 1.04 bits per heavy atom. The second-order valence-corrected chi connectivity index (χ2v) is 7.39. The molecular formula is C19H27NO4. The van der Waals surface area contributed by atoms with Crippen LogP contribution in [0.5, 0.6) is 0 Å². The van der Waals surface area contributed by atoms with Crippen LogP contribution in [-0.2, 0) is 9.47 Å². The van der Waals surface area contributed by atoms with Gasteiger partial charge in [-0.1, -0.05) is 17.7 Å². The number of amides is 1. The molecule has 5 heteroatoms. The van der Waals surface area contributed by atoms with Gasteiger partial charge in [-0.15, -0.1) is 0 Å². The molecule has 0 unspecified atom stereocenters. The van der Waals surface area contributed by atoms with Gasteiger partial charge >= 0.3 is 12.1 Å². The first-order valence-corrected chi connectivity index (χ1v) is 8.50. The Hall–Kier alpha value is -2.04. The summed E-state index contributed by atoms with van der Waals surface area (Å²) >= 11 is 0. The molecule has 0 aromatic heterocycles. The number of benzene rings is 1. The van der Waals surface area contributed by atoms with E-state index in [2.05, 4.69) is 5.32 Å². The standard InChI is InChI=1S/C19H27NO4/c1-13-5-7-14(8-6-13)17(21)23-16-11-9-15(10-12-16)20-18(22)24-19(2,3)4/h5-8,15-16H,9-12H2,1-4H3,(H,20,22). The van der Waals surface area contributed by atoms with Crippen molar-refractivity contribution in [2.75, 3.05) is 0 Å². The van der Waals surface area contributed by atoms with E-state index in [0.717, 1.165) is 31.2 Å². The number of esters is 1. The highest BCUT2D eigenvalue weighted by atomic mass is 16.6. The third kappa shape index (κ3) is 5.87. The molecule has 2 rings (SSSR count). The minimum atomic E-state index is -0.495. The predicted molar refractivity (Wildman–Crippen MR) is 92.0 cm³/mol. The number of hydrogen-bond acceptors (Lipinski definition) is 4. The van der Waals surface area contributed by atoms with E-state index in [0.29, 0.717) is 5.56 Å². The summed E-state index contributed by atoms with van der Waals surface area (Å²) in [6.45, 7) is 7.50. The molecule has 1 aromatic carbocycles. The maximum absolute atomic E-state index is 12.1. The lowest BCUT2D eigenvalue weighted by atomic mass is 9.93. The van der Waals surface area contributed by atoms with E-state index in [1.54, 1.807) is 12.1 Å². The van der Waals surface area contributed by atoms with Gasteiger partial charge in [0, 0.05) is 6.04 Å². The molecule has 1 N–H and O–H groups in total. The number of nitrogens with one attached hydrogen (secondary N) is 1. The van der Waals surface area contributed by atoms with Crippen LogP contribution in [0.25, 0.3) is 0 Å². The third-order valence-corrected chi connectivity index (χ3v) is 3.96. The van der Waals surface area contributed by atoms with Crippen LogP contribution in [0.4, 0.5) is 4.79 Å². The Bertz CT molecular complexity index is 566. The molecule has 24 heavy (non-hydrogen) atoms. The van der Waals surface area contributed by atoms with E-state index < -0.39 is 5.60 Å². The number of carbonyl (C=O) groups excluding carboxylic acids is 2. The zero-order chi connectivity index (χ0) is 17.7. The largest absolute Gasteiger partial charge is 0.459 e. The lowest BCUT2D eigenvalue weighted by molar-refractivity contribution is 0.0162. The van der Waals surface area contributed by atoms with Gasteiger partial charge in [0.05, 0.1) is 5.56 Å². The maximum Gasteiger partial charge on any atom is 0.407 e. The van der Waals surface area contributed by atoms with Gasteiger partial charge in [0.1, 0.15) is 11.7 Å². The number of hydrogen-bond donors (Lipinski definition) is 1. The lowest BCUT2D eigenvalue weighted by Crippen LogP contribution is -2.42. The highest BCUT2D eigenvalue weighted by Crippen LogP contribution is 2.23. The van der Waals surface area contributed by atoms with E-state index in [1.807, 2.05) is 39.8 Å². The van der Waals surface area contributed by atoms with Crippen LogP contribution in [0, 0.1) is 6.92 Å². The first kappa shape index (κ1) is 18.3. The molecule has 0 saturated heterocycles. The van der Waals surface area contributed by atoms with Crippen LogP contribution in [0.2, 0.25) is 0 Å². The van der Waals surface area contributed by atoms with Gasteiger partial charge in [-0.2, -0.15) is 0 Å². The minimum Gasteiger partial charge on any atom is -0.459 e. The van der Waals surface area contributed by atoms with Crippen LogP contribution in [0.15, 0.2) is 24.3 Å². The molecule has 5 nitrogen and oxygen atoms in total. The lowest BCUT2D eigenvalue weighted by Gasteiger charge is -2.29. The van der Waals surface area contributed by atoms with E-state index in [9.17, 15) is 9.59 Å². The molecule has 1 saturated carbocycles. The highest BCUT2D eigenvalue weighted by molar-refractivity contribution is 5.89. The highest BCUT2D eigenvalue weighted by Gasteiger charge is 2.26. The summed E-state index contributed by atoms with van der Waals surface area (Å²) < 4.78 is 10.8. The Morgan fingerprint density at radius 3 is 2.17 bits per heavy atom. The number of aryl methyl sites for hydroxylation is 1. The fourth-order valence-corrected chi connectivity index (χ4v) is 2.71. The normalized spacial score (nSPS) is 21.0. The minimum absolute atomic E-state index is 0.0779. The van der Waals surface area contributed by atoms with Crippen molar-refractivity contribution in [2.24, 2.45) is 0 Å². The summed E-state index contributed by atoms with van der Waals surface area (Å²) in [7, 11) is 0. The molecule has 132 valence electrons.